The molecule has 0 aliphatic carbocycles. The van der Waals surface area contributed by atoms with Crippen LogP contribution in [0.15, 0.2) is 28.7 Å². The average molecular weight is 312 g/mol. The molecule has 0 unspecified atom stereocenters. The molecular formula is C13H12BrClN2. The summed E-state index contributed by atoms with van der Waals surface area (Å²) >= 11 is 9.45. The number of nitrogens with zero attached hydrogens (tertiary/aromatic N) is 2. The molecule has 4 heteroatoms. The van der Waals surface area contributed by atoms with Crippen molar-refractivity contribution >= 4 is 27.5 Å². The summed E-state index contributed by atoms with van der Waals surface area (Å²) in [5, 5.41) is 0.495. The Morgan fingerprint density at radius 3 is 2.65 bits per heavy atom. The molecule has 0 saturated heterocycles. The first kappa shape index (κ1) is 12.5. The highest BCUT2D eigenvalue weighted by atomic mass is 79.9. The van der Waals surface area contributed by atoms with Crippen molar-refractivity contribution in [2.75, 3.05) is 0 Å². The standard InChI is InChI=1S/C13H12BrClN2/c1-3-10-7-12(15)17-13(16-10)11-5-4-9(14)6-8(11)2/h4-7H,3H2,1-2H3. The van der Waals surface area contributed by atoms with Crippen LogP contribution in [0.25, 0.3) is 11.4 Å². The van der Waals surface area contributed by atoms with E-state index < -0.39 is 0 Å². The third-order valence-electron chi connectivity index (χ3n) is 2.54. The van der Waals surface area contributed by atoms with E-state index in [-0.39, 0.29) is 0 Å². The second kappa shape index (κ2) is 5.15. The van der Waals surface area contributed by atoms with Crippen LogP contribution < -0.4 is 0 Å². The van der Waals surface area contributed by atoms with Gasteiger partial charge in [0.25, 0.3) is 0 Å². The molecule has 0 aliphatic heterocycles. The van der Waals surface area contributed by atoms with Gasteiger partial charge in [-0.1, -0.05) is 34.5 Å². The Morgan fingerprint density at radius 2 is 2.00 bits per heavy atom. The molecule has 0 radical (unpaired) electrons. The van der Waals surface area contributed by atoms with Crippen molar-refractivity contribution in [2.24, 2.45) is 0 Å². The van der Waals surface area contributed by atoms with Gasteiger partial charge in [-0.25, -0.2) is 9.97 Å². The quantitative estimate of drug-likeness (QED) is 0.767. The zero-order chi connectivity index (χ0) is 12.4. The molecule has 1 aromatic heterocycles. The maximum Gasteiger partial charge on any atom is 0.161 e. The van der Waals surface area contributed by atoms with E-state index in [9.17, 15) is 0 Å². The summed E-state index contributed by atoms with van der Waals surface area (Å²) in [5.74, 6) is 0.694. The van der Waals surface area contributed by atoms with Crippen molar-refractivity contribution in [3.05, 3.63) is 45.1 Å². The van der Waals surface area contributed by atoms with Crippen LogP contribution in [0.5, 0.6) is 0 Å². The molecule has 0 amide bonds. The van der Waals surface area contributed by atoms with E-state index in [1.54, 1.807) is 6.07 Å². The number of benzene rings is 1. The fourth-order valence-corrected chi connectivity index (χ4v) is 2.33. The summed E-state index contributed by atoms with van der Waals surface area (Å²) in [4.78, 5) is 8.78. The van der Waals surface area contributed by atoms with Crippen molar-refractivity contribution in [2.45, 2.75) is 20.3 Å². The average Bonchev–Trinajstić information content (AvgIpc) is 2.28. The summed E-state index contributed by atoms with van der Waals surface area (Å²) in [6.07, 6.45) is 0.852. The molecule has 1 aromatic carbocycles. The molecule has 0 spiro atoms. The minimum atomic E-state index is 0.495. The van der Waals surface area contributed by atoms with Crippen LogP contribution >= 0.6 is 27.5 Å². The lowest BCUT2D eigenvalue weighted by Gasteiger charge is -2.07. The minimum absolute atomic E-state index is 0.495. The van der Waals surface area contributed by atoms with Gasteiger partial charge in [-0.15, -0.1) is 0 Å². The molecule has 2 rings (SSSR count). The molecule has 2 nitrogen and oxygen atoms in total. The Labute approximate surface area is 114 Å². The Kier molecular flexibility index (Phi) is 3.79. The predicted molar refractivity (Wildman–Crippen MR) is 74.3 cm³/mol. The fourth-order valence-electron chi connectivity index (χ4n) is 1.64. The van der Waals surface area contributed by atoms with E-state index in [4.69, 9.17) is 11.6 Å². The van der Waals surface area contributed by atoms with E-state index in [2.05, 4.69) is 32.8 Å². The summed E-state index contributed by atoms with van der Waals surface area (Å²) in [7, 11) is 0. The molecule has 0 fully saturated rings. The van der Waals surface area contributed by atoms with Crippen molar-refractivity contribution in [1.29, 1.82) is 0 Å². The molecule has 2 aromatic rings. The maximum atomic E-state index is 6.00. The fraction of sp³-hybridized carbons (Fsp3) is 0.231. The van der Waals surface area contributed by atoms with E-state index >= 15 is 0 Å². The van der Waals surface area contributed by atoms with Crippen molar-refractivity contribution < 1.29 is 0 Å². The van der Waals surface area contributed by atoms with E-state index in [0.717, 1.165) is 27.7 Å². The largest absolute Gasteiger partial charge is 0.233 e. The molecular weight excluding hydrogens is 300 g/mol. The lowest BCUT2D eigenvalue weighted by molar-refractivity contribution is 1.00. The van der Waals surface area contributed by atoms with Crippen LogP contribution in [-0.2, 0) is 6.42 Å². The Hall–Kier alpha value is -0.930. The normalized spacial score (nSPS) is 10.6. The van der Waals surface area contributed by atoms with Gasteiger partial charge in [0.15, 0.2) is 5.82 Å². The zero-order valence-electron chi connectivity index (χ0n) is 9.67. The molecule has 17 heavy (non-hydrogen) atoms. The smallest absolute Gasteiger partial charge is 0.161 e. The van der Waals surface area contributed by atoms with Gasteiger partial charge in [0, 0.05) is 15.7 Å². The molecule has 1 heterocycles. The zero-order valence-corrected chi connectivity index (χ0v) is 12.0. The third-order valence-corrected chi connectivity index (χ3v) is 3.23. The monoisotopic (exact) mass is 310 g/mol. The molecule has 0 N–H and O–H groups in total. The van der Waals surface area contributed by atoms with Crippen molar-refractivity contribution in [3.8, 4) is 11.4 Å². The Morgan fingerprint density at radius 1 is 1.24 bits per heavy atom. The first-order valence-corrected chi connectivity index (χ1v) is 6.57. The van der Waals surface area contributed by atoms with Gasteiger partial charge >= 0.3 is 0 Å². The van der Waals surface area contributed by atoms with E-state index in [0.29, 0.717) is 11.0 Å². The summed E-state index contributed by atoms with van der Waals surface area (Å²) < 4.78 is 1.05. The summed E-state index contributed by atoms with van der Waals surface area (Å²) in [6, 6.07) is 7.84. The number of halogens is 2. The van der Waals surface area contributed by atoms with Crippen LogP contribution in [0.1, 0.15) is 18.2 Å². The summed E-state index contributed by atoms with van der Waals surface area (Å²) in [5.41, 5.74) is 3.11. The van der Waals surface area contributed by atoms with Crippen LogP contribution in [0, 0.1) is 6.92 Å². The second-order valence-corrected chi connectivity index (χ2v) is 5.12. The lowest BCUT2D eigenvalue weighted by atomic mass is 10.1. The number of hydrogen-bond donors (Lipinski definition) is 0. The highest BCUT2D eigenvalue weighted by molar-refractivity contribution is 9.10. The maximum absolute atomic E-state index is 6.00. The molecule has 88 valence electrons. The Bertz CT molecular complexity index is 555. The van der Waals surface area contributed by atoms with Gasteiger partial charge in [-0.05, 0) is 43.2 Å². The van der Waals surface area contributed by atoms with Crippen LogP contribution in [0.2, 0.25) is 5.15 Å². The number of rotatable bonds is 2. The van der Waals surface area contributed by atoms with Crippen LogP contribution in [0.4, 0.5) is 0 Å². The highest BCUT2D eigenvalue weighted by Gasteiger charge is 2.08. The SMILES string of the molecule is CCc1cc(Cl)nc(-c2ccc(Br)cc2C)n1. The van der Waals surface area contributed by atoms with E-state index in [1.807, 2.05) is 25.1 Å². The van der Waals surface area contributed by atoms with Gasteiger partial charge in [-0.2, -0.15) is 0 Å². The highest BCUT2D eigenvalue weighted by Crippen LogP contribution is 2.24. The molecule has 0 aliphatic rings. The second-order valence-electron chi connectivity index (χ2n) is 3.82. The van der Waals surface area contributed by atoms with Crippen LogP contribution in [0.3, 0.4) is 0 Å². The Balaban J connectivity index is 2.55. The van der Waals surface area contributed by atoms with Gasteiger partial charge in [0.2, 0.25) is 0 Å². The first-order valence-electron chi connectivity index (χ1n) is 5.40. The van der Waals surface area contributed by atoms with Crippen molar-refractivity contribution in [3.63, 3.8) is 0 Å². The van der Waals surface area contributed by atoms with Gasteiger partial charge in [0.1, 0.15) is 5.15 Å². The predicted octanol–water partition coefficient (Wildman–Crippen LogP) is 4.43. The molecule has 0 bridgehead atoms. The van der Waals surface area contributed by atoms with Gasteiger partial charge in [-0.3, -0.25) is 0 Å². The molecule has 0 saturated carbocycles. The van der Waals surface area contributed by atoms with Gasteiger partial charge < -0.3 is 0 Å². The van der Waals surface area contributed by atoms with E-state index in [1.165, 1.54) is 0 Å². The summed E-state index contributed by atoms with van der Waals surface area (Å²) in [6.45, 7) is 4.09. The number of hydrogen-bond acceptors (Lipinski definition) is 2. The minimum Gasteiger partial charge on any atom is -0.233 e. The number of aryl methyl sites for hydroxylation is 2. The topological polar surface area (TPSA) is 25.8 Å². The van der Waals surface area contributed by atoms with Crippen molar-refractivity contribution in [1.82, 2.24) is 9.97 Å². The number of aromatic nitrogens is 2. The first-order chi connectivity index (χ1) is 8.10. The lowest BCUT2D eigenvalue weighted by Crippen LogP contribution is -1.96. The molecule has 0 atom stereocenters. The third kappa shape index (κ3) is 2.85. The van der Waals surface area contributed by atoms with Gasteiger partial charge in [0.05, 0.1) is 0 Å². The van der Waals surface area contributed by atoms with Crippen LogP contribution in [-0.4, -0.2) is 9.97 Å².